The van der Waals surface area contributed by atoms with Gasteiger partial charge in [-0.05, 0) is 44.0 Å². The molecule has 1 rings (SSSR count). The van der Waals surface area contributed by atoms with Crippen LogP contribution in [0.4, 0.5) is 0 Å². The van der Waals surface area contributed by atoms with Crippen molar-refractivity contribution in [3.63, 3.8) is 0 Å². The summed E-state index contributed by atoms with van der Waals surface area (Å²) >= 11 is 4.60. The van der Waals surface area contributed by atoms with Crippen molar-refractivity contribution in [1.29, 1.82) is 0 Å². The van der Waals surface area contributed by atoms with E-state index in [1.54, 1.807) is 6.21 Å². The molecule has 0 unspecified atom stereocenters. The van der Waals surface area contributed by atoms with Crippen molar-refractivity contribution in [3.05, 3.63) is 11.6 Å². The molecule has 0 aliphatic heterocycles. The van der Waals surface area contributed by atoms with Crippen molar-refractivity contribution in [2.45, 2.75) is 32.1 Å². The van der Waals surface area contributed by atoms with Crippen LogP contribution in [0.1, 0.15) is 32.1 Å². The Hall–Kier alpha value is -0.900. The third-order valence-corrected chi connectivity index (χ3v) is 2.15. The van der Waals surface area contributed by atoms with Crippen LogP contribution in [0.5, 0.6) is 0 Å². The third-order valence-electron chi connectivity index (χ3n) is 2.06. The molecular formula is C9H15N3S. The number of nitrogens with two attached hydrogens (primary N) is 1. The smallest absolute Gasteiger partial charge is 0.184 e. The van der Waals surface area contributed by atoms with E-state index in [1.165, 1.54) is 37.7 Å². The lowest BCUT2D eigenvalue weighted by molar-refractivity contribution is 0.600. The summed E-state index contributed by atoms with van der Waals surface area (Å²) in [5.74, 6) is 0. The van der Waals surface area contributed by atoms with Crippen LogP contribution in [0.3, 0.4) is 0 Å². The van der Waals surface area contributed by atoms with Gasteiger partial charge in [-0.2, -0.15) is 5.10 Å². The van der Waals surface area contributed by atoms with Crippen LogP contribution in [0, 0.1) is 0 Å². The summed E-state index contributed by atoms with van der Waals surface area (Å²) < 4.78 is 0. The van der Waals surface area contributed by atoms with Gasteiger partial charge in [-0.1, -0.05) is 12.0 Å². The van der Waals surface area contributed by atoms with Gasteiger partial charge in [0, 0.05) is 6.21 Å². The average Bonchev–Trinajstić information content (AvgIpc) is 2.14. The van der Waals surface area contributed by atoms with Gasteiger partial charge < -0.3 is 5.73 Å². The first-order chi connectivity index (χ1) is 6.29. The molecule has 0 radical (unpaired) electrons. The zero-order valence-electron chi connectivity index (χ0n) is 7.62. The molecule has 0 heterocycles. The Kier molecular flexibility index (Phi) is 4.46. The van der Waals surface area contributed by atoms with E-state index in [0.717, 1.165) is 0 Å². The predicted octanol–water partition coefficient (Wildman–Crippen LogP) is 1.70. The van der Waals surface area contributed by atoms with Gasteiger partial charge in [0.25, 0.3) is 0 Å². The van der Waals surface area contributed by atoms with Crippen LogP contribution in [0.2, 0.25) is 0 Å². The number of nitrogens with one attached hydrogen (secondary N) is 1. The second-order valence-electron chi connectivity index (χ2n) is 3.14. The Morgan fingerprint density at radius 3 is 2.69 bits per heavy atom. The summed E-state index contributed by atoms with van der Waals surface area (Å²) in [5.41, 5.74) is 9.19. The molecule has 4 heteroatoms. The molecule has 0 amide bonds. The highest BCUT2D eigenvalue weighted by atomic mass is 32.1. The molecule has 1 aliphatic rings. The van der Waals surface area contributed by atoms with Crippen molar-refractivity contribution in [1.82, 2.24) is 5.43 Å². The topological polar surface area (TPSA) is 50.4 Å². The maximum Gasteiger partial charge on any atom is 0.184 e. The molecule has 13 heavy (non-hydrogen) atoms. The zero-order chi connectivity index (χ0) is 9.52. The van der Waals surface area contributed by atoms with Crippen LogP contribution in [0.25, 0.3) is 0 Å². The quantitative estimate of drug-likeness (QED) is 0.402. The fourth-order valence-electron chi connectivity index (χ4n) is 1.42. The van der Waals surface area contributed by atoms with E-state index in [9.17, 15) is 0 Å². The van der Waals surface area contributed by atoms with Gasteiger partial charge in [0.2, 0.25) is 0 Å². The number of nitrogens with zero attached hydrogens (tertiary/aromatic N) is 1. The molecule has 3 nitrogen and oxygen atoms in total. The highest BCUT2D eigenvalue weighted by Gasteiger charge is 2.03. The molecule has 1 aliphatic carbocycles. The highest BCUT2D eigenvalue weighted by molar-refractivity contribution is 7.80. The Balaban J connectivity index is 2.28. The summed E-state index contributed by atoms with van der Waals surface area (Å²) in [6, 6.07) is 0. The van der Waals surface area contributed by atoms with Gasteiger partial charge in [-0.25, -0.2) is 0 Å². The summed E-state index contributed by atoms with van der Waals surface area (Å²) in [4.78, 5) is 0. The Morgan fingerprint density at radius 2 is 2.08 bits per heavy atom. The predicted molar refractivity (Wildman–Crippen MR) is 59.6 cm³/mol. The van der Waals surface area contributed by atoms with Crippen LogP contribution >= 0.6 is 12.2 Å². The van der Waals surface area contributed by atoms with Gasteiger partial charge in [0.1, 0.15) is 0 Å². The fraction of sp³-hybridized carbons (Fsp3) is 0.556. The molecule has 1 fully saturated rings. The van der Waals surface area contributed by atoms with E-state index in [2.05, 4.69) is 22.7 Å². The lowest BCUT2D eigenvalue weighted by atomic mass is 9.95. The van der Waals surface area contributed by atoms with Crippen molar-refractivity contribution in [2.24, 2.45) is 10.8 Å². The summed E-state index contributed by atoms with van der Waals surface area (Å²) in [7, 11) is 0. The minimum absolute atomic E-state index is 0.207. The minimum Gasteiger partial charge on any atom is -0.375 e. The molecule has 3 N–H and O–H groups in total. The van der Waals surface area contributed by atoms with Gasteiger partial charge in [0.15, 0.2) is 5.11 Å². The van der Waals surface area contributed by atoms with Gasteiger partial charge in [0.05, 0.1) is 0 Å². The monoisotopic (exact) mass is 197 g/mol. The lowest BCUT2D eigenvalue weighted by Gasteiger charge is -2.11. The van der Waals surface area contributed by atoms with E-state index in [0.29, 0.717) is 0 Å². The molecule has 72 valence electrons. The maximum absolute atomic E-state index is 5.20. The molecule has 0 spiro atoms. The molecule has 1 saturated carbocycles. The maximum atomic E-state index is 5.20. The summed E-state index contributed by atoms with van der Waals surface area (Å²) in [5, 5.41) is 4.05. The molecular weight excluding hydrogens is 182 g/mol. The van der Waals surface area contributed by atoms with Crippen LogP contribution < -0.4 is 11.2 Å². The second kappa shape index (κ2) is 5.70. The van der Waals surface area contributed by atoms with E-state index in [-0.39, 0.29) is 5.11 Å². The molecule has 0 aromatic rings. The van der Waals surface area contributed by atoms with Crippen molar-refractivity contribution in [2.75, 3.05) is 0 Å². The first-order valence-electron chi connectivity index (χ1n) is 4.55. The van der Waals surface area contributed by atoms with E-state index in [1.807, 2.05) is 6.08 Å². The molecule has 0 aromatic heterocycles. The largest absolute Gasteiger partial charge is 0.375 e. The summed E-state index contributed by atoms with van der Waals surface area (Å²) in [6.45, 7) is 0. The number of thiocarbonyl (C=S) groups is 1. The van der Waals surface area contributed by atoms with Crippen molar-refractivity contribution in [3.8, 4) is 0 Å². The Morgan fingerprint density at radius 1 is 1.38 bits per heavy atom. The standard InChI is InChI=1S/C9H15N3S/c10-9(13)12-11-7-6-8-4-2-1-3-5-8/h6-7H,1-5H2,(H3,10,12,13)/b11-7+. The molecule has 0 saturated heterocycles. The first kappa shape index (κ1) is 10.2. The Labute approximate surface area is 84.1 Å². The molecule has 0 aromatic carbocycles. The molecule has 0 atom stereocenters. The highest BCUT2D eigenvalue weighted by Crippen LogP contribution is 2.21. The number of allylic oxidation sites excluding steroid dienone is 2. The zero-order valence-corrected chi connectivity index (χ0v) is 8.44. The third kappa shape index (κ3) is 4.62. The summed E-state index contributed by atoms with van der Waals surface area (Å²) in [6.07, 6.45) is 10.2. The van der Waals surface area contributed by atoms with E-state index in [4.69, 9.17) is 5.73 Å². The van der Waals surface area contributed by atoms with E-state index < -0.39 is 0 Å². The lowest BCUT2D eigenvalue weighted by Crippen LogP contribution is -2.23. The number of hydrogen-bond acceptors (Lipinski definition) is 2. The number of rotatable bonds is 2. The van der Waals surface area contributed by atoms with Gasteiger partial charge in [-0.3, -0.25) is 5.43 Å². The average molecular weight is 197 g/mol. The van der Waals surface area contributed by atoms with Crippen molar-refractivity contribution < 1.29 is 0 Å². The Bertz CT molecular complexity index is 225. The van der Waals surface area contributed by atoms with Gasteiger partial charge >= 0.3 is 0 Å². The minimum atomic E-state index is 0.207. The number of hydrazone groups is 1. The van der Waals surface area contributed by atoms with Gasteiger partial charge in [-0.15, -0.1) is 0 Å². The fourth-order valence-corrected chi connectivity index (χ4v) is 1.47. The first-order valence-corrected chi connectivity index (χ1v) is 4.96. The molecule has 0 bridgehead atoms. The van der Waals surface area contributed by atoms with Crippen LogP contribution in [-0.4, -0.2) is 11.3 Å². The van der Waals surface area contributed by atoms with Crippen molar-refractivity contribution >= 4 is 23.5 Å². The number of hydrogen-bond donors (Lipinski definition) is 2. The van der Waals surface area contributed by atoms with Crippen LogP contribution in [0.15, 0.2) is 16.8 Å². The second-order valence-corrected chi connectivity index (χ2v) is 3.58. The normalized spacial score (nSPS) is 17.4. The van der Waals surface area contributed by atoms with E-state index >= 15 is 0 Å². The SMILES string of the molecule is NC(=S)N/N=C/C=C1CCCCC1. The van der Waals surface area contributed by atoms with Crippen LogP contribution in [-0.2, 0) is 0 Å².